The number of pyridine rings is 1. The van der Waals surface area contributed by atoms with Crippen LogP contribution < -0.4 is 10.6 Å². The van der Waals surface area contributed by atoms with Gasteiger partial charge in [-0.15, -0.1) is 0 Å². The second-order valence-corrected chi connectivity index (χ2v) is 4.26. The first-order valence-corrected chi connectivity index (χ1v) is 5.64. The number of hydrogen-bond donors (Lipinski definition) is 1. The lowest BCUT2D eigenvalue weighted by Gasteiger charge is -2.19. The van der Waals surface area contributed by atoms with Crippen LogP contribution in [0.2, 0.25) is 0 Å². The van der Waals surface area contributed by atoms with E-state index in [4.69, 9.17) is 5.73 Å². The van der Waals surface area contributed by atoms with Crippen LogP contribution in [0.1, 0.15) is 11.1 Å². The molecule has 1 aromatic heterocycles. The highest BCUT2D eigenvalue weighted by atomic mass is 15.2. The standard InChI is InChI=1S/C14H17N3/c1-11-5-3-6-12(9-11)10-17(2)14-13(15)7-4-8-16-14/h3-9H,10,15H2,1-2H3. The fourth-order valence-electron chi connectivity index (χ4n) is 1.89. The van der Waals surface area contributed by atoms with Crippen molar-refractivity contribution in [2.75, 3.05) is 17.7 Å². The Balaban J connectivity index is 2.17. The van der Waals surface area contributed by atoms with Crippen molar-refractivity contribution in [1.29, 1.82) is 0 Å². The minimum atomic E-state index is 0.711. The number of hydrogen-bond acceptors (Lipinski definition) is 3. The maximum Gasteiger partial charge on any atom is 0.151 e. The molecule has 0 radical (unpaired) electrons. The zero-order valence-corrected chi connectivity index (χ0v) is 10.2. The van der Waals surface area contributed by atoms with Crippen molar-refractivity contribution in [2.45, 2.75) is 13.5 Å². The molecule has 2 rings (SSSR count). The molecule has 0 bridgehead atoms. The van der Waals surface area contributed by atoms with Crippen molar-refractivity contribution >= 4 is 11.5 Å². The average molecular weight is 227 g/mol. The first-order chi connectivity index (χ1) is 8.16. The third-order valence-corrected chi connectivity index (χ3v) is 2.68. The molecule has 0 aliphatic heterocycles. The summed E-state index contributed by atoms with van der Waals surface area (Å²) in [4.78, 5) is 6.36. The molecule has 0 amide bonds. The van der Waals surface area contributed by atoms with Crippen LogP contribution >= 0.6 is 0 Å². The van der Waals surface area contributed by atoms with Gasteiger partial charge in [-0.1, -0.05) is 29.8 Å². The summed E-state index contributed by atoms with van der Waals surface area (Å²) >= 11 is 0. The molecule has 0 fully saturated rings. The van der Waals surface area contributed by atoms with Gasteiger partial charge in [-0.2, -0.15) is 0 Å². The van der Waals surface area contributed by atoms with Crippen molar-refractivity contribution in [3.05, 3.63) is 53.7 Å². The average Bonchev–Trinajstić information content (AvgIpc) is 2.29. The lowest BCUT2D eigenvalue weighted by molar-refractivity contribution is 0.899. The number of aryl methyl sites for hydroxylation is 1. The second kappa shape index (κ2) is 4.87. The van der Waals surface area contributed by atoms with Crippen molar-refractivity contribution in [1.82, 2.24) is 4.98 Å². The molecule has 0 aliphatic carbocycles. The molecule has 0 unspecified atom stereocenters. The predicted molar refractivity (Wildman–Crippen MR) is 71.9 cm³/mol. The minimum absolute atomic E-state index is 0.711. The van der Waals surface area contributed by atoms with Crippen LogP contribution in [0.3, 0.4) is 0 Å². The Labute approximate surface area is 102 Å². The molecule has 88 valence electrons. The van der Waals surface area contributed by atoms with Crippen molar-refractivity contribution in [3.63, 3.8) is 0 Å². The summed E-state index contributed by atoms with van der Waals surface area (Å²) in [7, 11) is 2.00. The van der Waals surface area contributed by atoms with Gasteiger partial charge >= 0.3 is 0 Å². The minimum Gasteiger partial charge on any atom is -0.396 e. The third-order valence-electron chi connectivity index (χ3n) is 2.68. The van der Waals surface area contributed by atoms with Gasteiger partial charge in [0.1, 0.15) is 0 Å². The molecular formula is C14H17N3. The van der Waals surface area contributed by atoms with Crippen LogP contribution in [0.15, 0.2) is 42.6 Å². The number of nitrogens with two attached hydrogens (primary N) is 1. The van der Waals surface area contributed by atoms with Crippen LogP contribution in [0.5, 0.6) is 0 Å². The van der Waals surface area contributed by atoms with Crippen molar-refractivity contribution in [2.24, 2.45) is 0 Å². The van der Waals surface area contributed by atoms with Gasteiger partial charge in [0.2, 0.25) is 0 Å². The number of benzene rings is 1. The zero-order valence-electron chi connectivity index (χ0n) is 10.2. The monoisotopic (exact) mass is 227 g/mol. The SMILES string of the molecule is Cc1cccc(CN(C)c2ncccc2N)c1. The molecule has 0 saturated carbocycles. The Bertz CT molecular complexity index is 508. The van der Waals surface area contributed by atoms with Gasteiger partial charge in [0, 0.05) is 19.8 Å². The van der Waals surface area contributed by atoms with Crippen LogP contribution in [0.4, 0.5) is 11.5 Å². The van der Waals surface area contributed by atoms with E-state index in [0.717, 1.165) is 12.4 Å². The summed E-state index contributed by atoms with van der Waals surface area (Å²) in [5, 5.41) is 0. The molecule has 0 saturated heterocycles. The number of anilines is 2. The van der Waals surface area contributed by atoms with Gasteiger partial charge in [0.15, 0.2) is 5.82 Å². The summed E-state index contributed by atoms with van der Waals surface area (Å²) in [6.07, 6.45) is 1.76. The van der Waals surface area contributed by atoms with Gasteiger partial charge in [-0.05, 0) is 24.6 Å². The van der Waals surface area contributed by atoms with E-state index in [-0.39, 0.29) is 0 Å². The van der Waals surface area contributed by atoms with Gasteiger partial charge in [0.05, 0.1) is 5.69 Å². The van der Waals surface area contributed by atoms with E-state index < -0.39 is 0 Å². The van der Waals surface area contributed by atoms with E-state index in [1.807, 2.05) is 19.2 Å². The molecule has 0 atom stereocenters. The van der Waals surface area contributed by atoms with Crippen LogP contribution in [0, 0.1) is 6.92 Å². The smallest absolute Gasteiger partial charge is 0.151 e. The first kappa shape index (κ1) is 11.5. The molecule has 17 heavy (non-hydrogen) atoms. The first-order valence-electron chi connectivity index (χ1n) is 5.64. The Morgan fingerprint density at radius 3 is 2.76 bits per heavy atom. The van der Waals surface area contributed by atoms with Gasteiger partial charge in [-0.3, -0.25) is 0 Å². The third kappa shape index (κ3) is 2.75. The largest absolute Gasteiger partial charge is 0.396 e. The predicted octanol–water partition coefficient (Wildman–Crippen LogP) is 2.61. The highest BCUT2D eigenvalue weighted by Gasteiger charge is 2.06. The van der Waals surface area contributed by atoms with Gasteiger partial charge < -0.3 is 10.6 Å². The van der Waals surface area contributed by atoms with Crippen LogP contribution in [-0.4, -0.2) is 12.0 Å². The molecule has 2 aromatic rings. The maximum absolute atomic E-state index is 5.90. The second-order valence-electron chi connectivity index (χ2n) is 4.26. The fraction of sp³-hybridized carbons (Fsp3) is 0.214. The fourth-order valence-corrected chi connectivity index (χ4v) is 1.89. The van der Waals surface area contributed by atoms with Crippen LogP contribution in [-0.2, 0) is 6.54 Å². The lowest BCUT2D eigenvalue weighted by atomic mass is 10.1. The van der Waals surface area contributed by atoms with E-state index in [0.29, 0.717) is 5.69 Å². The maximum atomic E-state index is 5.90. The summed E-state index contributed by atoms with van der Waals surface area (Å²) < 4.78 is 0. The molecule has 0 spiro atoms. The number of aromatic nitrogens is 1. The Morgan fingerprint density at radius 2 is 2.06 bits per heavy atom. The molecular weight excluding hydrogens is 210 g/mol. The normalized spacial score (nSPS) is 10.2. The van der Waals surface area contributed by atoms with Crippen molar-refractivity contribution in [3.8, 4) is 0 Å². The van der Waals surface area contributed by atoms with E-state index >= 15 is 0 Å². The molecule has 1 heterocycles. The summed E-state index contributed by atoms with van der Waals surface area (Å²) in [6.45, 7) is 2.90. The molecule has 3 heteroatoms. The van der Waals surface area contributed by atoms with Crippen LogP contribution in [0.25, 0.3) is 0 Å². The van der Waals surface area contributed by atoms with Gasteiger partial charge in [0.25, 0.3) is 0 Å². The molecule has 3 nitrogen and oxygen atoms in total. The number of rotatable bonds is 3. The summed E-state index contributed by atoms with van der Waals surface area (Å²) in [6, 6.07) is 12.2. The van der Waals surface area contributed by atoms with E-state index in [1.165, 1.54) is 11.1 Å². The molecule has 1 aromatic carbocycles. The summed E-state index contributed by atoms with van der Waals surface area (Å²) in [5.41, 5.74) is 9.14. The van der Waals surface area contributed by atoms with E-state index in [9.17, 15) is 0 Å². The Hall–Kier alpha value is -2.03. The van der Waals surface area contributed by atoms with Gasteiger partial charge in [-0.25, -0.2) is 4.98 Å². The Kier molecular flexibility index (Phi) is 3.28. The quantitative estimate of drug-likeness (QED) is 0.876. The van der Waals surface area contributed by atoms with Crippen molar-refractivity contribution < 1.29 is 0 Å². The highest BCUT2D eigenvalue weighted by Crippen LogP contribution is 2.19. The zero-order chi connectivity index (χ0) is 12.3. The Morgan fingerprint density at radius 1 is 1.24 bits per heavy atom. The number of nitrogens with zero attached hydrogens (tertiary/aromatic N) is 2. The lowest BCUT2D eigenvalue weighted by Crippen LogP contribution is -2.19. The summed E-state index contributed by atoms with van der Waals surface area (Å²) in [5.74, 6) is 0.828. The highest BCUT2D eigenvalue weighted by molar-refractivity contribution is 5.61. The van der Waals surface area contributed by atoms with E-state index in [1.54, 1.807) is 6.20 Å². The topological polar surface area (TPSA) is 42.2 Å². The number of nitrogen functional groups attached to an aromatic ring is 1. The molecule has 0 aliphatic rings. The van der Waals surface area contributed by atoms with E-state index in [2.05, 4.69) is 41.1 Å². The molecule has 2 N–H and O–H groups in total.